The van der Waals surface area contributed by atoms with E-state index in [1.165, 1.54) is 353 Å². The quantitative estimate of drug-likeness (QED) is 0.0320. The molecule has 2 unspecified atom stereocenters. The van der Waals surface area contributed by atoms with E-state index in [9.17, 15) is 19.8 Å². The molecule has 2 atom stereocenters. The molecule has 0 aliphatic carbocycles. The van der Waals surface area contributed by atoms with Gasteiger partial charge in [0.15, 0.2) is 0 Å². The third-order valence-electron chi connectivity index (χ3n) is 17.9. The van der Waals surface area contributed by atoms with E-state index in [-0.39, 0.29) is 18.5 Å². The topological polar surface area (TPSA) is 95.9 Å². The average Bonchev–Trinajstić information content (AvgIpc) is 3.51. The summed E-state index contributed by atoms with van der Waals surface area (Å²) >= 11 is 0. The van der Waals surface area contributed by atoms with E-state index in [1.807, 2.05) is 6.08 Å². The Morgan fingerprint density at radius 1 is 0.321 bits per heavy atom. The van der Waals surface area contributed by atoms with E-state index in [0.29, 0.717) is 19.4 Å². The Bertz CT molecular complexity index is 1360. The highest BCUT2D eigenvalue weighted by molar-refractivity contribution is 5.76. The van der Waals surface area contributed by atoms with Crippen molar-refractivity contribution in [2.75, 3.05) is 13.2 Å². The van der Waals surface area contributed by atoms with Gasteiger partial charge in [-0.15, -0.1) is 0 Å². The zero-order valence-corrected chi connectivity index (χ0v) is 56.9. The molecule has 0 spiro atoms. The van der Waals surface area contributed by atoms with Crippen molar-refractivity contribution in [3.8, 4) is 0 Å². The molecule has 0 saturated heterocycles. The molecule has 0 heterocycles. The van der Waals surface area contributed by atoms with Crippen LogP contribution < -0.4 is 5.32 Å². The fraction of sp³-hybridized carbons (Fsp3) is 0.897. The first-order valence-corrected chi connectivity index (χ1v) is 38.3. The van der Waals surface area contributed by atoms with Crippen LogP contribution in [0.15, 0.2) is 36.5 Å². The lowest BCUT2D eigenvalue weighted by molar-refractivity contribution is -0.143. The molecule has 0 bridgehead atoms. The molecule has 0 aromatic heterocycles. The van der Waals surface area contributed by atoms with Gasteiger partial charge in [-0.3, -0.25) is 9.59 Å². The van der Waals surface area contributed by atoms with Crippen LogP contribution in [0.4, 0.5) is 0 Å². The summed E-state index contributed by atoms with van der Waals surface area (Å²) in [6, 6.07) is -0.628. The minimum atomic E-state index is -0.845. The molecule has 496 valence electrons. The van der Waals surface area contributed by atoms with Gasteiger partial charge in [0.2, 0.25) is 5.91 Å². The molecule has 1 amide bonds. The number of carbonyl (C=O) groups excluding carboxylic acids is 2. The Hall–Kier alpha value is -1.92. The van der Waals surface area contributed by atoms with Gasteiger partial charge in [0.25, 0.3) is 0 Å². The number of hydrogen-bond donors (Lipinski definition) is 3. The van der Waals surface area contributed by atoms with E-state index in [4.69, 9.17) is 4.74 Å². The van der Waals surface area contributed by atoms with Crippen molar-refractivity contribution >= 4 is 11.9 Å². The molecule has 84 heavy (non-hydrogen) atoms. The van der Waals surface area contributed by atoms with Gasteiger partial charge in [-0.2, -0.15) is 0 Å². The SMILES string of the molecule is CCCCCCCCC/C=C\CCCCCCCCCC(=O)OCCCCCCCCCCCCCC/C=C\CCCCCCCCCCCCCCCC(=O)NC(CO)C(O)/C=C/CCCCCCCCCCCCCCCCCCCC. The van der Waals surface area contributed by atoms with Crippen LogP contribution >= 0.6 is 0 Å². The van der Waals surface area contributed by atoms with Gasteiger partial charge >= 0.3 is 5.97 Å². The number of nitrogens with one attached hydrogen (secondary N) is 1. The molecule has 0 aliphatic rings. The third-order valence-corrected chi connectivity index (χ3v) is 17.9. The van der Waals surface area contributed by atoms with Crippen LogP contribution in [0.2, 0.25) is 0 Å². The summed E-state index contributed by atoms with van der Waals surface area (Å²) in [7, 11) is 0. The van der Waals surface area contributed by atoms with Crippen LogP contribution in [0, 0.1) is 0 Å². The van der Waals surface area contributed by atoms with Crippen LogP contribution in [-0.2, 0) is 14.3 Å². The fourth-order valence-corrected chi connectivity index (χ4v) is 12.0. The fourth-order valence-electron chi connectivity index (χ4n) is 12.0. The number of carbonyl (C=O) groups is 2. The van der Waals surface area contributed by atoms with Crippen molar-refractivity contribution in [2.24, 2.45) is 0 Å². The standard InChI is InChI=1S/C78H149NO5/c1-3-5-7-9-11-13-15-17-19-21-23-35-38-42-46-50-54-58-62-66-70-76(81)75(74-80)79-77(82)71-67-63-59-55-51-47-43-39-36-33-31-29-27-25-24-26-28-30-32-34-37-41-45-49-53-57-61-65-69-73-84-78(83)72-68-64-60-56-52-48-44-40-22-20-18-16-14-12-10-8-6-4-2/h20,22,24,26,66,70,75-76,80-81H,3-19,21,23,25,27-65,67-69,71-74H2,1-2H3,(H,79,82)/b22-20-,26-24-,70-66+. The van der Waals surface area contributed by atoms with Gasteiger partial charge in [0.05, 0.1) is 25.4 Å². The van der Waals surface area contributed by atoms with E-state index >= 15 is 0 Å². The van der Waals surface area contributed by atoms with Gasteiger partial charge < -0.3 is 20.3 Å². The highest BCUT2D eigenvalue weighted by atomic mass is 16.5. The first kappa shape index (κ1) is 82.1. The number of esters is 1. The molecular weight excluding hydrogens is 1030 g/mol. The van der Waals surface area contributed by atoms with Crippen LogP contribution in [0.5, 0.6) is 0 Å². The predicted octanol–water partition coefficient (Wildman–Crippen LogP) is 25.0. The number of ether oxygens (including phenoxy) is 1. The van der Waals surface area contributed by atoms with Crippen LogP contribution in [0.25, 0.3) is 0 Å². The van der Waals surface area contributed by atoms with Crippen molar-refractivity contribution in [1.29, 1.82) is 0 Å². The van der Waals surface area contributed by atoms with E-state index in [0.717, 1.165) is 44.9 Å². The Morgan fingerprint density at radius 2 is 0.560 bits per heavy atom. The molecule has 0 saturated carbocycles. The molecule has 6 heteroatoms. The summed E-state index contributed by atoms with van der Waals surface area (Å²) in [5.41, 5.74) is 0. The molecule has 0 aromatic rings. The minimum absolute atomic E-state index is 0.0140. The van der Waals surface area contributed by atoms with E-state index in [1.54, 1.807) is 6.08 Å². The lowest BCUT2D eigenvalue weighted by Crippen LogP contribution is -2.45. The largest absolute Gasteiger partial charge is 0.466 e. The van der Waals surface area contributed by atoms with Crippen LogP contribution in [0.3, 0.4) is 0 Å². The number of unbranched alkanes of at least 4 members (excludes halogenated alkanes) is 57. The van der Waals surface area contributed by atoms with Gasteiger partial charge in [-0.25, -0.2) is 0 Å². The molecular formula is C78H149NO5. The summed E-state index contributed by atoms with van der Waals surface area (Å²) < 4.78 is 5.51. The second-order valence-corrected chi connectivity index (χ2v) is 26.3. The van der Waals surface area contributed by atoms with Crippen molar-refractivity contribution in [2.45, 2.75) is 437 Å². The summed E-state index contributed by atoms with van der Waals surface area (Å²) in [6.07, 6.45) is 95.3. The smallest absolute Gasteiger partial charge is 0.305 e. The zero-order valence-electron chi connectivity index (χ0n) is 56.9. The number of allylic oxidation sites excluding steroid dienone is 5. The number of aliphatic hydroxyl groups is 2. The average molecular weight is 1180 g/mol. The summed E-state index contributed by atoms with van der Waals surface area (Å²) in [6.45, 7) is 4.94. The van der Waals surface area contributed by atoms with Crippen LogP contribution in [-0.4, -0.2) is 47.4 Å². The van der Waals surface area contributed by atoms with Gasteiger partial charge in [0, 0.05) is 12.8 Å². The number of hydrogen-bond acceptors (Lipinski definition) is 5. The predicted molar refractivity (Wildman–Crippen MR) is 370 cm³/mol. The second kappa shape index (κ2) is 73.5. The van der Waals surface area contributed by atoms with Gasteiger partial charge in [-0.1, -0.05) is 365 Å². The van der Waals surface area contributed by atoms with Crippen molar-refractivity contribution in [3.05, 3.63) is 36.5 Å². The van der Waals surface area contributed by atoms with Crippen molar-refractivity contribution in [3.63, 3.8) is 0 Å². The Labute approximate surface area is 525 Å². The maximum absolute atomic E-state index is 12.5. The Kier molecular flexibility index (Phi) is 71.9. The summed E-state index contributed by atoms with van der Waals surface area (Å²) in [4.78, 5) is 24.6. The zero-order chi connectivity index (χ0) is 60.6. The maximum Gasteiger partial charge on any atom is 0.305 e. The second-order valence-electron chi connectivity index (χ2n) is 26.3. The van der Waals surface area contributed by atoms with Gasteiger partial charge in [0.1, 0.15) is 0 Å². The molecule has 0 fully saturated rings. The monoisotopic (exact) mass is 1180 g/mol. The highest BCUT2D eigenvalue weighted by Crippen LogP contribution is 2.19. The van der Waals surface area contributed by atoms with Crippen LogP contribution in [0.1, 0.15) is 425 Å². The first-order valence-electron chi connectivity index (χ1n) is 38.3. The first-order chi connectivity index (χ1) is 41.5. The molecule has 0 radical (unpaired) electrons. The lowest BCUT2D eigenvalue weighted by atomic mass is 10.0. The number of amides is 1. The van der Waals surface area contributed by atoms with Crippen molar-refractivity contribution in [1.82, 2.24) is 5.32 Å². The molecule has 0 aromatic carbocycles. The van der Waals surface area contributed by atoms with Crippen molar-refractivity contribution < 1.29 is 24.5 Å². The van der Waals surface area contributed by atoms with E-state index < -0.39 is 12.1 Å². The highest BCUT2D eigenvalue weighted by Gasteiger charge is 2.18. The third kappa shape index (κ3) is 69.2. The van der Waals surface area contributed by atoms with Gasteiger partial charge in [-0.05, 0) is 83.5 Å². The summed E-state index contributed by atoms with van der Waals surface area (Å²) in [5.74, 6) is -0.0493. The maximum atomic E-state index is 12.5. The molecule has 3 N–H and O–H groups in total. The number of rotatable bonds is 72. The summed E-state index contributed by atoms with van der Waals surface area (Å²) in [5, 5.41) is 23.3. The normalized spacial score (nSPS) is 12.7. The Morgan fingerprint density at radius 3 is 0.845 bits per heavy atom. The van der Waals surface area contributed by atoms with E-state index in [2.05, 4.69) is 43.5 Å². The molecule has 0 rings (SSSR count). The number of aliphatic hydroxyl groups excluding tert-OH is 2. The molecule has 6 nitrogen and oxygen atoms in total. The molecule has 0 aliphatic heterocycles. The minimum Gasteiger partial charge on any atom is -0.466 e. The lowest BCUT2D eigenvalue weighted by Gasteiger charge is -2.20. The Balaban J connectivity index is 3.39.